The molecule has 1 aliphatic heterocycles. The summed E-state index contributed by atoms with van der Waals surface area (Å²) in [6.45, 7) is 2.87. The van der Waals surface area contributed by atoms with Crippen LogP contribution in [0.1, 0.15) is 18.4 Å². The van der Waals surface area contributed by atoms with Crippen molar-refractivity contribution in [2.24, 2.45) is 5.92 Å². The van der Waals surface area contributed by atoms with Gasteiger partial charge in [-0.05, 0) is 50.0 Å². The van der Waals surface area contributed by atoms with E-state index in [4.69, 9.17) is 11.6 Å². The molecule has 0 radical (unpaired) electrons. The van der Waals surface area contributed by atoms with Crippen molar-refractivity contribution >= 4 is 29.3 Å². The summed E-state index contributed by atoms with van der Waals surface area (Å²) in [6.07, 6.45) is 2.23. The Labute approximate surface area is 136 Å². The molecule has 0 spiro atoms. The lowest BCUT2D eigenvalue weighted by Gasteiger charge is -2.31. The predicted molar refractivity (Wildman–Crippen MR) is 90.8 cm³/mol. The molecular formula is C16H23ClN2OS. The highest BCUT2D eigenvalue weighted by Crippen LogP contribution is 2.19. The summed E-state index contributed by atoms with van der Waals surface area (Å²) >= 11 is 7.62. The number of hydrogen-bond acceptors (Lipinski definition) is 3. The Hall–Kier alpha value is -0.710. The lowest BCUT2D eigenvalue weighted by atomic mass is 9.97. The average Bonchev–Trinajstić information content (AvgIpc) is 2.48. The number of nitrogens with zero attached hydrogens (tertiary/aromatic N) is 1. The van der Waals surface area contributed by atoms with E-state index in [0.717, 1.165) is 49.2 Å². The molecule has 1 N–H and O–H groups in total. The average molecular weight is 327 g/mol. The van der Waals surface area contributed by atoms with Crippen molar-refractivity contribution in [1.29, 1.82) is 0 Å². The fourth-order valence-electron chi connectivity index (χ4n) is 2.65. The second-order valence-electron chi connectivity index (χ2n) is 5.50. The Morgan fingerprint density at radius 3 is 2.86 bits per heavy atom. The maximum absolute atomic E-state index is 12.2. The van der Waals surface area contributed by atoms with Gasteiger partial charge in [-0.3, -0.25) is 4.79 Å². The zero-order chi connectivity index (χ0) is 15.1. The third kappa shape index (κ3) is 5.53. The molecule has 0 bridgehead atoms. The molecule has 1 fully saturated rings. The molecule has 1 aromatic rings. The van der Waals surface area contributed by atoms with Gasteiger partial charge in [-0.2, -0.15) is 0 Å². The number of nitrogens with one attached hydrogen (secondary N) is 1. The van der Waals surface area contributed by atoms with Gasteiger partial charge in [0.05, 0.1) is 5.75 Å². The van der Waals surface area contributed by atoms with Crippen molar-refractivity contribution in [3.8, 4) is 0 Å². The zero-order valence-corrected chi connectivity index (χ0v) is 14.1. The summed E-state index contributed by atoms with van der Waals surface area (Å²) in [5.41, 5.74) is 1.17. The molecule has 21 heavy (non-hydrogen) atoms. The van der Waals surface area contributed by atoms with Crippen molar-refractivity contribution in [2.75, 3.05) is 32.4 Å². The molecule has 1 heterocycles. The minimum atomic E-state index is 0.268. The van der Waals surface area contributed by atoms with Crippen molar-refractivity contribution in [3.05, 3.63) is 34.9 Å². The van der Waals surface area contributed by atoms with E-state index in [1.54, 1.807) is 11.8 Å². The second kappa shape index (κ2) is 8.66. The monoisotopic (exact) mass is 326 g/mol. The molecule has 5 heteroatoms. The third-order valence-electron chi connectivity index (χ3n) is 3.84. The minimum Gasteiger partial charge on any atom is -0.342 e. The quantitative estimate of drug-likeness (QED) is 0.872. The number of likely N-dealkylation sites (tertiary alicyclic amines) is 1. The van der Waals surface area contributed by atoms with Crippen LogP contribution in [0.4, 0.5) is 0 Å². The van der Waals surface area contributed by atoms with Crippen LogP contribution in [0.2, 0.25) is 5.02 Å². The van der Waals surface area contributed by atoms with Crippen LogP contribution in [-0.4, -0.2) is 43.2 Å². The fraction of sp³-hybridized carbons (Fsp3) is 0.562. The number of rotatable bonds is 6. The number of thioether (sulfide) groups is 1. The summed E-state index contributed by atoms with van der Waals surface area (Å²) in [5, 5.41) is 3.98. The van der Waals surface area contributed by atoms with Gasteiger partial charge in [0.1, 0.15) is 0 Å². The Bertz CT molecular complexity index is 461. The first-order chi connectivity index (χ1) is 10.2. The second-order valence-corrected chi connectivity index (χ2v) is 6.93. The molecule has 0 atom stereocenters. The predicted octanol–water partition coefficient (Wildman–Crippen LogP) is 3.03. The summed E-state index contributed by atoms with van der Waals surface area (Å²) in [4.78, 5) is 14.2. The maximum Gasteiger partial charge on any atom is 0.232 e. The van der Waals surface area contributed by atoms with Gasteiger partial charge in [0.2, 0.25) is 5.91 Å². The molecule has 116 valence electrons. The van der Waals surface area contributed by atoms with Gasteiger partial charge in [0, 0.05) is 23.9 Å². The van der Waals surface area contributed by atoms with Crippen LogP contribution >= 0.6 is 23.4 Å². The highest BCUT2D eigenvalue weighted by atomic mass is 35.5. The molecule has 0 aliphatic carbocycles. The van der Waals surface area contributed by atoms with E-state index in [2.05, 4.69) is 5.32 Å². The van der Waals surface area contributed by atoms with Crippen molar-refractivity contribution in [3.63, 3.8) is 0 Å². The summed E-state index contributed by atoms with van der Waals surface area (Å²) in [6, 6.07) is 7.83. The van der Waals surface area contributed by atoms with E-state index in [9.17, 15) is 4.79 Å². The van der Waals surface area contributed by atoms with E-state index in [-0.39, 0.29) is 5.91 Å². The summed E-state index contributed by atoms with van der Waals surface area (Å²) in [7, 11) is 1.99. The molecule has 0 aromatic heterocycles. The molecule has 1 aromatic carbocycles. The Morgan fingerprint density at radius 1 is 1.43 bits per heavy atom. The fourth-order valence-corrected chi connectivity index (χ4v) is 3.74. The topological polar surface area (TPSA) is 32.3 Å². The van der Waals surface area contributed by atoms with E-state index >= 15 is 0 Å². The standard InChI is InChI=1S/C16H23ClN2OS/c1-18-10-13-5-7-19(8-6-13)16(20)12-21-11-14-3-2-4-15(17)9-14/h2-4,9,13,18H,5-8,10-12H2,1H3. The molecule has 0 saturated carbocycles. The lowest BCUT2D eigenvalue weighted by molar-refractivity contribution is -0.129. The van der Waals surface area contributed by atoms with Crippen LogP contribution in [-0.2, 0) is 10.5 Å². The first kappa shape index (κ1) is 16.7. The molecule has 2 rings (SSSR count). The first-order valence-corrected chi connectivity index (χ1v) is 8.97. The summed E-state index contributed by atoms with van der Waals surface area (Å²) < 4.78 is 0. The number of carbonyl (C=O) groups is 1. The normalized spacial score (nSPS) is 16.2. The lowest BCUT2D eigenvalue weighted by Crippen LogP contribution is -2.41. The zero-order valence-electron chi connectivity index (χ0n) is 12.5. The highest BCUT2D eigenvalue weighted by molar-refractivity contribution is 7.99. The summed E-state index contributed by atoms with van der Waals surface area (Å²) in [5.74, 6) is 2.38. The van der Waals surface area contributed by atoms with E-state index < -0.39 is 0 Å². The smallest absolute Gasteiger partial charge is 0.232 e. The van der Waals surface area contributed by atoms with Crippen LogP contribution in [0.5, 0.6) is 0 Å². The van der Waals surface area contributed by atoms with Gasteiger partial charge in [-0.1, -0.05) is 23.7 Å². The molecular weight excluding hydrogens is 304 g/mol. The molecule has 3 nitrogen and oxygen atoms in total. The number of halogens is 1. The van der Waals surface area contributed by atoms with E-state index in [1.165, 1.54) is 5.56 Å². The van der Waals surface area contributed by atoms with Gasteiger partial charge < -0.3 is 10.2 Å². The van der Waals surface area contributed by atoms with Crippen molar-refractivity contribution < 1.29 is 4.79 Å². The first-order valence-electron chi connectivity index (χ1n) is 7.43. The molecule has 0 unspecified atom stereocenters. The molecule has 1 amide bonds. The van der Waals surface area contributed by atoms with Gasteiger partial charge in [-0.25, -0.2) is 0 Å². The van der Waals surface area contributed by atoms with Crippen LogP contribution in [0, 0.1) is 5.92 Å². The van der Waals surface area contributed by atoms with Crippen LogP contribution in [0.15, 0.2) is 24.3 Å². The minimum absolute atomic E-state index is 0.268. The van der Waals surface area contributed by atoms with Gasteiger partial charge in [0.15, 0.2) is 0 Å². The third-order valence-corrected chi connectivity index (χ3v) is 5.07. The van der Waals surface area contributed by atoms with Crippen molar-refractivity contribution in [1.82, 2.24) is 10.2 Å². The number of amides is 1. The highest BCUT2D eigenvalue weighted by Gasteiger charge is 2.21. The molecule has 1 aliphatic rings. The maximum atomic E-state index is 12.2. The van der Waals surface area contributed by atoms with Gasteiger partial charge >= 0.3 is 0 Å². The largest absolute Gasteiger partial charge is 0.342 e. The number of hydrogen-bond donors (Lipinski definition) is 1. The number of benzene rings is 1. The van der Waals surface area contributed by atoms with E-state index in [0.29, 0.717) is 5.75 Å². The van der Waals surface area contributed by atoms with Crippen LogP contribution in [0.3, 0.4) is 0 Å². The number of carbonyl (C=O) groups excluding carboxylic acids is 1. The number of piperidine rings is 1. The van der Waals surface area contributed by atoms with Gasteiger partial charge in [-0.15, -0.1) is 11.8 Å². The van der Waals surface area contributed by atoms with Crippen LogP contribution < -0.4 is 5.32 Å². The molecule has 1 saturated heterocycles. The van der Waals surface area contributed by atoms with Crippen LogP contribution in [0.25, 0.3) is 0 Å². The van der Waals surface area contributed by atoms with E-state index in [1.807, 2.05) is 36.2 Å². The van der Waals surface area contributed by atoms with Gasteiger partial charge in [0.25, 0.3) is 0 Å². The Kier molecular flexibility index (Phi) is 6.87. The SMILES string of the molecule is CNCC1CCN(C(=O)CSCc2cccc(Cl)c2)CC1. The Morgan fingerprint density at radius 2 is 2.19 bits per heavy atom. The Balaban J connectivity index is 1.68. The van der Waals surface area contributed by atoms with Crippen molar-refractivity contribution in [2.45, 2.75) is 18.6 Å².